The van der Waals surface area contributed by atoms with Crippen LogP contribution in [0.25, 0.3) is 0 Å². The largest absolute Gasteiger partial charge is 0.481 e. The molecular weight excluding hydrogens is 206 g/mol. The summed E-state index contributed by atoms with van der Waals surface area (Å²) in [7, 11) is 1.73. The van der Waals surface area contributed by atoms with Gasteiger partial charge >= 0.3 is 5.97 Å². The second-order valence-corrected chi connectivity index (χ2v) is 4.97. The Kier molecular flexibility index (Phi) is 3.82. The fourth-order valence-corrected chi connectivity index (χ4v) is 2.40. The number of ether oxygens (including phenoxy) is 1. The van der Waals surface area contributed by atoms with Crippen molar-refractivity contribution in [1.29, 1.82) is 0 Å². The van der Waals surface area contributed by atoms with Gasteiger partial charge in [0.1, 0.15) is 0 Å². The number of carboxylic acids is 1. The monoisotopic (exact) mass is 227 g/mol. The molecule has 16 heavy (non-hydrogen) atoms. The Hall–Kier alpha value is -0.610. The van der Waals surface area contributed by atoms with Gasteiger partial charge in [-0.3, -0.25) is 9.69 Å². The van der Waals surface area contributed by atoms with E-state index in [1.165, 1.54) is 25.7 Å². The highest BCUT2D eigenvalue weighted by molar-refractivity contribution is 5.66. The molecule has 1 N–H and O–H groups in total. The lowest BCUT2D eigenvalue weighted by Crippen LogP contribution is -2.42. The Bertz CT molecular complexity index is 249. The molecule has 0 spiro atoms. The lowest BCUT2D eigenvalue weighted by Gasteiger charge is -2.31. The SMILES string of the molecule is COCC(C1CC1)N(CCC(=O)O)C1CC1. The Morgan fingerprint density at radius 2 is 2.12 bits per heavy atom. The molecule has 0 aromatic heterocycles. The first-order valence-corrected chi connectivity index (χ1v) is 6.19. The highest BCUT2D eigenvalue weighted by atomic mass is 16.5. The fraction of sp³-hybridized carbons (Fsp3) is 0.917. The third-order valence-corrected chi connectivity index (χ3v) is 3.53. The molecule has 2 aliphatic carbocycles. The van der Waals surface area contributed by atoms with E-state index in [1.54, 1.807) is 7.11 Å². The van der Waals surface area contributed by atoms with Crippen LogP contribution in [-0.4, -0.2) is 48.3 Å². The van der Waals surface area contributed by atoms with Crippen molar-refractivity contribution in [3.63, 3.8) is 0 Å². The lowest BCUT2D eigenvalue weighted by atomic mass is 10.1. The molecule has 2 rings (SSSR count). The predicted molar refractivity (Wildman–Crippen MR) is 60.4 cm³/mol. The molecule has 0 aromatic rings. The van der Waals surface area contributed by atoms with E-state index in [0.717, 1.165) is 12.5 Å². The van der Waals surface area contributed by atoms with E-state index in [1.807, 2.05) is 0 Å². The van der Waals surface area contributed by atoms with E-state index in [9.17, 15) is 4.79 Å². The van der Waals surface area contributed by atoms with E-state index in [0.29, 0.717) is 18.6 Å². The van der Waals surface area contributed by atoms with Crippen LogP contribution in [0.4, 0.5) is 0 Å². The summed E-state index contributed by atoms with van der Waals surface area (Å²) in [5.41, 5.74) is 0. The van der Waals surface area contributed by atoms with Gasteiger partial charge in [-0.1, -0.05) is 0 Å². The quantitative estimate of drug-likeness (QED) is 0.680. The van der Waals surface area contributed by atoms with E-state index in [2.05, 4.69) is 4.90 Å². The highest BCUT2D eigenvalue weighted by Gasteiger charge is 2.41. The van der Waals surface area contributed by atoms with Gasteiger partial charge in [0, 0.05) is 25.7 Å². The zero-order valence-corrected chi connectivity index (χ0v) is 9.89. The van der Waals surface area contributed by atoms with Crippen LogP contribution in [0.2, 0.25) is 0 Å². The maximum absolute atomic E-state index is 10.7. The molecule has 0 radical (unpaired) electrons. The summed E-state index contributed by atoms with van der Waals surface area (Å²) in [4.78, 5) is 13.0. The first-order valence-electron chi connectivity index (χ1n) is 6.19. The first kappa shape index (κ1) is 11.9. The van der Waals surface area contributed by atoms with Gasteiger partial charge in [0.05, 0.1) is 13.0 Å². The number of carboxylic acid groups (broad SMARTS) is 1. The van der Waals surface area contributed by atoms with Gasteiger partial charge in [-0.2, -0.15) is 0 Å². The topological polar surface area (TPSA) is 49.8 Å². The van der Waals surface area contributed by atoms with Crippen LogP contribution in [0.1, 0.15) is 32.1 Å². The van der Waals surface area contributed by atoms with Crippen LogP contribution in [0, 0.1) is 5.92 Å². The fourth-order valence-electron chi connectivity index (χ4n) is 2.40. The van der Waals surface area contributed by atoms with Gasteiger partial charge in [-0.15, -0.1) is 0 Å². The molecule has 4 nitrogen and oxygen atoms in total. The van der Waals surface area contributed by atoms with Crippen molar-refractivity contribution in [2.75, 3.05) is 20.3 Å². The molecule has 2 fully saturated rings. The third kappa shape index (κ3) is 3.19. The molecule has 0 bridgehead atoms. The molecule has 0 heterocycles. The molecular formula is C12H21NO3. The van der Waals surface area contributed by atoms with Crippen LogP contribution in [0.5, 0.6) is 0 Å². The molecule has 0 saturated heterocycles. The zero-order valence-electron chi connectivity index (χ0n) is 9.89. The maximum atomic E-state index is 10.7. The summed E-state index contributed by atoms with van der Waals surface area (Å²) in [6, 6.07) is 1.08. The lowest BCUT2D eigenvalue weighted by molar-refractivity contribution is -0.137. The smallest absolute Gasteiger partial charge is 0.304 e. The highest BCUT2D eigenvalue weighted by Crippen LogP contribution is 2.39. The molecule has 0 aromatic carbocycles. The summed E-state index contributed by atoms with van der Waals surface area (Å²) in [5.74, 6) is 0.0481. The average molecular weight is 227 g/mol. The van der Waals surface area contributed by atoms with Gasteiger partial charge in [-0.05, 0) is 31.6 Å². The second-order valence-electron chi connectivity index (χ2n) is 4.97. The summed E-state index contributed by atoms with van der Waals surface area (Å²) >= 11 is 0. The van der Waals surface area contributed by atoms with E-state index < -0.39 is 5.97 Å². The molecule has 1 atom stereocenters. The number of nitrogens with zero attached hydrogens (tertiary/aromatic N) is 1. The van der Waals surface area contributed by atoms with Gasteiger partial charge in [0.25, 0.3) is 0 Å². The zero-order chi connectivity index (χ0) is 11.5. The minimum absolute atomic E-state index is 0.253. The van der Waals surface area contributed by atoms with Crippen molar-refractivity contribution < 1.29 is 14.6 Å². The van der Waals surface area contributed by atoms with Crippen molar-refractivity contribution in [3.8, 4) is 0 Å². The Labute approximate surface area is 96.6 Å². The van der Waals surface area contributed by atoms with Gasteiger partial charge in [0.2, 0.25) is 0 Å². The van der Waals surface area contributed by atoms with Gasteiger partial charge in [0.15, 0.2) is 0 Å². The van der Waals surface area contributed by atoms with E-state index in [-0.39, 0.29) is 6.42 Å². The van der Waals surface area contributed by atoms with Crippen LogP contribution in [0.15, 0.2) is 0 Å². The second kappa shape index (κ2) is 5.15. The molecule has 0 aliphatic heterocycles. The van der Waals surface area contributed by atoms with Crippen LogP contribution in [0.3, 0.4) is 0 Å². The van der Waals surface area contributed by atoms with E-state index >= 15 is 0 Å². The average Bonchev–Trinajstić information content (AvgIpc) is 3.08. The minimum Gasteiger partial charge on any atom is -0.481 e. The third-order valence-electron chi connectivity index (χ3n) is 3.53. The first-order chi connectivity index (χ1) is 7.72. The molecule has 92 valence electrons. The summed E-state index contributed by atoms with van der Waals surface area (Å²) in [6.45, 7) is 1.44. The standard InChI is InChI=1S/C12H21NO3/c1-16-8-11(9-2-3-9)13(10-4-5-10)7-6-12(14)15/h9-11H,2-8H2,1H3,(H,14,15). The normalized spacial score (nSPS) is 22.4. The van der Waals surface area contributed by atoms with Crippen LogP contribution < -0.4 is 0 Å². The number of methoxy groups -OCH3 is 1. The van der Waals surface area contributed by atoms with Crippen molar-refractivity contribution in [1.82, 2.24) is 4.90 Å². The molecule has 0 amide bonds. The Balaban J connectivity index is 1.89. The number of rotatable bonds is 8. The van der Waals surface area contributed by atoms with Crippen molar-refractivity contribution >= 4 is 5.97 Å². The Morgan fingerprint density at radius 1 is 1.44 bits per heavy atom. The summed E-state index contributed by atoms with van der Waals surface area (Å²) in [5, 5.41) is 8.77. The van der Waals surface area contributed by atoms with Crippen LogP contribution >= 0.6 is 0 Å². The van der Waals surface area contributed by atoms with Crippen molar-refractivity contribution in [3.05, 3.63) is 0 Å². The summed E-state index contributed by atoms with van der Waals surface area (Å²) < 4.78 is 5.28. The van der Waals surface area contributed by atoms with Gasteiger partial charge in [-0.25, -0.2) is 0 Å². The Morgan fingerprint density at radius 3 is 2.56 bits per heavy atom. The van der Waals surface area contributed by atoms with Gasteiger partial charge < -0.3 is 9.84 Å². The predicted octanol–water partition coefficient (Wildman–Crippen LogP) is 1.35. The van der Waals surface area contributed by atoms with Crippen LogP contribution in [-0.2, 0) is 9.53 Å². The molecule has 2 saturated carbocycles. The maximum Gasteiger partial charge on any atom is 0.304 e. The minimum atomic E-state index is -0.697. The molecule has 1 unspecified atom stereocenters. The molecule has 4 heteroatoms. The summed E-state index contributed by atoms with van der Waals surface area (Å²) in [6.07, 6.45) is 5.27. The number of hydrogen-bond acceptors (Lipinski definition) is 3. The molecule has 2 aliphatic rings. The van der Waals surface area contributed by atoms with Crippen molar-refractivity contribution in [2.24, 2.45) is 5.92 Å². The number of aliphatic carboxylic acids is 1. The van der Waals surface area contributed by atoms with E-state index in [4.69, 9.17) is 9.84 Å². The number of carbonyl (C=O) groups is 1. The van der Waals surface area contributed by atoms with Crippen molar-refractivity contribution in [2.45, 2.75) is 44.2 Å². The number of hydrogen-bond donors (Lipinski definition) is 1.